The molecule has 4 aromatic heterocycles. The average molecular weight is 566 g/mol. The molecule has 0 aromatic carbocycles. The predicted octanol–water partition coefficient (Wildman–Crippen LogP) is 3.61. The summed E-state index contributed by atoms with van der Waals surface area (Å²) >= 11 is 0. The number of alkyl halides is 1. The monoisotopic (exact) mass is 565 g/mol. The molecule has 6 rings (SSSR count). The first-order valence-corrected chi connectivity index (χ1v) is 15.4. The van der Waals surface area contributed by atoms with E-state index in [1.165, 1.54) is 6.26 Å². The summed E-state index contributed by atoms with van der Waals surface area (Å²) in [5.74, 6) is 2.14. The van der Waals surface area contributed by atoms with E-state index in [-0.39, 0.29) is 24.3 Å². The molecule has 4 aromatic rings. The van der Waals surface area contributed by atoms with Crippen LogP contribution in [0.15, 0.2) is 42.9 Å². The Hall–Kier alpha value is -3.80. The maximum absolute atomic E-state index is 14.2. The van der Waals surface area contributed by atoms with Gasteiger partial charge < -0.3 is 14.5 Å². The summed E-state index contributed by atoms with van der Waals surface area (Å²) < 4.78 is 45.3. The smallest absolute Gasteiger partial charge is 0.158 e. The van der Waals surface area contributed by atoms with Gasteiger partial charge in [-0.05, 0) is 32.4 Å². The van der Waals surface area contributed by atoms with Crippen LogP contribution in [0.4, 0.5) is 15.9 Å². The number of fused-ring (bicyclic) bond motifs is 1. The summed E-state index contributed by atoms with van der Waals surface area (Å²) in [4.78, 5) is 18.1. The number of methoxy groups -OCH3 is 1. The molecule has 10 nitrogen and oxygen atoms in total. The van der Waals surface area contributed by atoms with Crippen molar-refractivity contribution in [1.29, 1.82) is 0 Å². The second-order valence-corrected chi connectivity index (χ2v) is 13.0. The number of ether oxygens (including phenoxy) is 1. The third-order valence-corrected chi connectivity index (χ3v) is 8.98. The van der Waals surface area contributed by atoms with Crippen molar-refractivity contribution in [1.82, 2.24) is 24.7 Å². The van der Waals surface area contributed by atoms with Crippen LogP contribution in [-0.2, 0) is 9.84 Å². The largest absolute Gasteiger partial charge is 0.496 e. The number of aryl methyl sites for hydroxylation is 1. The van der Waals surface area contributed by atoms with Gasteiger partial charge in [-0.15, -0.1) is 0 Å². The Kier molecular flexibility index (Phi) is 6.60. The van der Waals surface area contributed by atoms with E-state index < -0.39 is 16.0 Å². The van der Waals surface area contributed by atoms with Crippen LogP contribution in [0.2, 0.25) is 0 Å². The van der Waals surface area contributed by atoms with E-state index in [1.807, 2.05) is 36.9 Å². The Morgan fingerprint density at radius 3 is 2.62 bits per heavy atom. The first-order valence-electron chi connectivity index (χ1n) is 13.3. The third-order valence-electron chi connectivity index (χ3n) is 7.94. The molecule has 2 fully saturated rings. The molecule has 0 aliphatic carbocycles. The molecule has 0 bridgehead atoms. The molecule has 2 saturated heterocycles. The van der Waals surface area contributed by atoms with E-state index in [0.29, 0.717) is 42.6 Å². The number of hydrogen-bond donors (Lipinski definition) is 0. The lowest BCUT2D eigenvalue weighted by Gasteiger charge is -2.48. The molecule has 0 N–H and O–H groups in total. The summed E-state index contributed by atoms with van der Waals surface area (Å²) in [6, 6.07) is 7.72. The van der Waals surface area contributed by atoms with Gasteiger partial charge in [0.15, 0.2) is 5.82 Å². The van der Waals surface area contributed by atoms with Crippen molar-refractivity contribution in [2.75, 3.05) is 48.6 Å². The number of anilines is 2. The molecule has 0 amide bonds. The second-order valence-electron chi connectivity index (χ2n) is 10.8. The van der Waals surface area contributed by atoms with Gasteiger partial charge in [-0.2, -0.15) is 5.10 Å². The summed E-state index contributed by atoms with van der Waals surface area (Å²) in [6.45, 7) is 5.47. The van der Waals surface area contributed by atoms with Crippen molar-refractivity contribution in [3.05, 3.63) is 48.5 Å². The highest BCUT2D eigenvalue weighted by Gasteiger charge is 2.38. The molecular formula is C28H32FN7O3S. The van der Waals surface area contributed by atoms with Crippen LogP contribution < -0.4 is 14.5 Å². The Bertz CT molecular complexity index is 1690. The Labute approximate surface area is 232 Å². The van der Waals surface area contributed by atoms with Gasteiger partial charge in [-0.1, -0.05) is 0 Å². The minimum absolute atomic E-state index is 0.0378. The zero-order valence-corrected chi connectivity index (χ0v) is 23.8. The van der Waals surface area contributed by atoms with Gasteiger partial charge in [0.2, 0.25) is 0 Å². The van der Waals surface area contributed by atoms with Crippen molar-refractivity contribution in [2.45, 2.75) is 32.5 Å². The van der Waals surface area contributed by atoms with Crippen LogP contribution >= 0.6 is 0 Å². The fourth-order valence-corrected chi connectivity index (χ4v) is 6.87. The Morgan fingerprint density at radius 2 is 1.93 bits per heavy atom. The molecule has 0 unspecified atom stereocenters. The van der Waals surface area contributed by atoms with Crippen molar-refractivity contribution >= 4 is 32.2 Å². The molecule has 0 spiro atoms. The molecule has 210 valence electrons. The highest BCUT2D eigenvalue weighted by Crippen LogP contribution is 2.37. The van der Waals surface area contributed by atoms with E-state index in [0.717, 1.165) is 27.8 Å². The first-order chi connectivity index (χ1) is 19.1. The van der Waals surface area contributed by atoms with Gasteiger partial charge in [-0.3, -0.25) is 9.97 Å². The lowest BCUT2D eigenvalue weighted by molar-refractivity contribution is 0.341. The Morgan fingerprint density at radius 1 is 1.12 bits per heavy atom. The van der Waals surface area contributed by atoms with Crippen molar-refractivity contribution in [3.8, 4) is 22.8 Å². The summed E-state index contributed by atoms with van der Waals surface area (Å²) in [5, 5.41) is 5.58. The van der Waals surface area contributed by atoms with Crippen LogP contribution in [0.25, 0.3) is 28.0 Å². The zero-order chi connectivity index (χ0) is 28.2. The maximum atomic E-state index is 14.2. The van der Waals surface area contributed by atoms with Crippen LogP contribution in [0.3, 0.4) is 0 Å². The molecule has 0 radical (unpaired) electrons. The van der Waals surface area contributed by atoms with Gasteiger partial charge in [0.25, 0.3) is 0 Å². The highest BCUT2D eigenvalue weighted by molar-refractivity contribution is 7.90. The quantitative estimate of drug-likeness (QED) is 0.332. The fourth-order valence-electron chi connectivity index (χ4n) is 5.71. The molecule has 3 atom stereocenters. The van der Waals surface area contributed by atoms with Gasteiger partial charge in [0.1, 0.15) is 27.6 Å². The van der Waals surface area contributed by atoms with E-state index >= 15 is 0 Å². The van der Waals surface area contributed by atoms with E-state index in [2.05, 4.69) is 9.88 Å². The van der Waals surface area contributed by atoms with Gasteiger partial charge >= 0.3 is 0 Å². The predicted molar refractivity (Wildman–Crippen MR) is 153 cm³/mol. The molecule has 0 saturated carbocycles. The minimum atomic E-state index is -3.08. The van der Waals surface area contributed by atoms with Crippen molar-refractivity contribution in [2.24, 2.45) is 5.92 Å². The van der Waals surface area contributed by atoms with Gasteiger partial charge in [-0.25, -0.2) is 22.5 Å². The molecule has 2 aliphatic heterocycles. The number of hydrogen-bond acceptors (Lipinski definition) is 9. The number of nitrogens with zero attached hydrogens (tertiary/aromatic N) is 7. The fraction of sp³-hybridized carbons (Fsp3) is 0.429. The van der Waals surface area contributed by atoms with Crippen LogP contribution in [0.5, 0.6) is 5.75 Å². The topological polar surface area (TPSA) is 106 Å². The standard InChI is InChI=1S/C28H32FN7O3S/c1-17-22-13-31-36(25(22)11-24(32-17)23-12-30-7-5-26(23)39-3)28-10-21(9-27(33-28)34-8-6-20(29)15-34)35-14-19(18(35)2)16-40(4,37)38/h5,7,9-13,18-20H,6,8,14-16H2,1-4H3/t18-,19-,20+/m1/s1. The molecule has 6 heterocycles. The van der Waals surface area contributed by atoms with Crippen LogP contribution in [-0.4, -0.2) is 84.1 Å². The zero-order valence-electron chi connectivity index (χ0n) is 23.0. The molecule has 12 heteroatoms. The lowest BCUT2D eigenvalue weighted by atomic mass is 9.91. The molecule has 40 heavy (non-hydrogen) atoms. The Balaban J connectivity index is 1.45. The van der Waals surface area contributed by atoms with Crippen molar-refractivity contribution in [3.63, 3.8) is 0 Å². The third kappa shape index (κ3) is 4.85. The van der Waals surface area contributed by atoms with E-state index in [4.69, 9.17) is 19.8 Å². The first kappa shape index (κ1) is 26.4. The van der Waals surface area contributed by atoms with Crippen LogP contribution in [0.1, 0.15) is 19.0 Å². The number of pyridine rings is 3. The summed E-state index contributed by atoms with van der Waals surface area (Å²) in [7, 11) is -1.46. The lowest BCUT2D eigenvalue weighted by Crippen LogP contribution is -2.57. The second kappa shape index (κ2) is 9.99. The number of rotatable bonds is 7. The normalized spacial score (nSPS) is 21.2. The van der Waals surface area contributed by atoms with Gasteiger partial charge in [0.05, 0.1) is 42.4 Å². The molecular weight excluding hydrogens is 533 g/mol. The van der Waals surface area contributed by atoms with E-state index in [1.54, 1.807) is 36.4 Å². The van der Waals surface area contributed by atoms with Crippen LogP contribution in [0, 0.1) is 12.8 Å². The van der Waals surface area contributed by atoms with Gasteiger partial charge in [0, 0.05) is 72.6 Å². The minimum Gasteiger partial charge on any atom is -0.496 e. The summed E-state index contributed by atoms with van der Waals surface area (Å²) in [6.07, 6.45) is 6.02. The maximum Gasteiger partial charge on any atom is 0.158 e. The van der Waals surface area contributed by atoms with E-state index in [9.17, 15) is 12.8 Å². The number of halogens is 1. The average Bonchev–Trinajstić information content (AvgIpc) is 3.56. The highest BCUT2D eigenvalue weighted by atomic mass is 32.2. The summed E-state index contributed by atoms with van der Waals surface area (Å²) in [5.41, 5.74) is 4.00. The SMILES string of the molecule is COc1ccncc1-c1cc2c(cnn2-c2cc(N3C[C@H](CS(C)(=O)=O)[C@H]3C)cc(N3CC[C@H](F)C3)n2)c(C)n1. The van der Waals surface area contributed by atoms with Crippen molar-refractivity contribution < 1.29 is 17.5 Å². The number of sulfone groups is 1. The molecule has 2 aliphatic rings. The number of aromatic nitrogens is 5.